The van der Waals surface area contributed by atoms with Crippen molar-refractivity contribution in [3.63, 3.8) is 0 Å². The predicted molar refractivity (Wildman–Crippen MR) is 94.6 cm³/mol. The van der Waals surface area contributed by atoms with E-state index < -0.39 is 5.41 Å². The largest absolute Gasteiger partial charge is 0.497 e. The number of carbonyl (C=O) groups is 2. The number of methoxy groups -OCH3 is 1. The molecule has 0 aromatic heterocycles. The van der Waals surface area contributed by atoms with Crippen LogP contribution in [0.4, 0.5) is 0 Å². The van der Waals surface area contributed by atoms with Gasteiger partial charge in [0.05, 0.1) is 12.5 Å². The third-order valence-corrected chi connectivity index (χ3v) is 5.05. The summed E-state index contributed by atoms with van der Waals surface area (Å²) in [6.07, 6.45) is 1.50. The third-order valence-electron chi connectivity index (χ3n) is 4.38. The fourth-order valence-electron chi connectivity index (χ4n) is 2.61. The molecule has 0 bridgehead atoms. The van der Waals surface area contributed by atoms with Gasteiger partial charge in [-0.2, -0.15) is 0 Å². The first-order valence-corrected chi connectivity index (χ1v) is 8.71. The second kappa shape index (κ2) is 7.88. The van der Waals surface area contributed by atoms with Gasteiger partial charge in [0.1, 0.15) is 5.75 Å². The van der Waals surface area contributed by atoms with Gasteiger partial charge in [0.2, 0.25) is 5.91 Å². The molecule has 0 spiro atoms. The second-order valence-electron chi connectivity index (χ2n) is 6.79. The van der Waals surface area contributed by atoms with Crippen LogP contribution in [0.25, 0.3) is 0 Å². The Morgan fingerprint density at radius 1 is 1.33 bits per heavy atom. The summed E-state index contributed by atoms with van der Waals surface area (Å²) in [7, 11) is 1.58. The Balaban J connectivity index is 1.90. The van der Waals surface area contributed by atoms with E-state index in [-0.39, 0.29) is 23.7 Å². The number of nitrogens with one attached hydrogen (secondary N) is 1. The average Bonchev–Trinajstić information content (AvgIpc) is 2.61. The van der Waals surface area contributed by atoms with E-state index in [1.165, 1.54) is 0 Å². The van der Waals surface area contributed by atoms with Crippen LogP contribution in [0.2, 0.25) is 0 Å². The van der Waals surface area contributed by atoms with Gasteiger partial charge in [-0.3, -0.25) is 9.59 Å². The Morgan fingerprint density at radius 2 is 2.00 bits per heavy atom. The van der Waals surface area contributed by atoms with Crippen molar-refractivity contribution < 1.29 is 14.3 Å². The standard InChI is InChI=1S/C18H25ClN2O3/c1-18(2,12-19)17(23)20-14-7-9-21(10-8-14)16(22)13-5-4-6-15(11-13)24-3/h4-6,11,14H,7-10,12H2,1-3H3,(H,20,23). The van der Waals surface area contributed by atoms with Gasteiger partial charge >= 0.3 is 0 Å². The Labute approximate surface area is 148 Å². The molecule has 1 aliphatic heterocycles. The maximum atomic E-state index is 12.6. The van der Waals surface area contributed by atoms with E-state index in [0.717, 1.165) is 12.8 Å². The van der Waals surface area contributed by atoms with Gasteiger partial charge in [-0.25, -0.2) is 0 Å². The van der Waals surface area contributed by atoms with Crippen molar-refractivity contribution in [1.82, 2.24) is 10.2 Å². The average molecular weight is 353 g/mol. The number of nitrogens with zero attached hydrogens (tertiary/aromatic N) is 1. The molecule has 1 heterocycles. The van der Waals surface area contributed by atoms with E-state index in [4.69, 9.17) is 16.3 Å². The van der Waals surface area contributed by atoms with Crippen LogP contribution < -0.4 is 10.1 Å². The van der Waals surface area contributed by atoms with E-state index >= 15 is 0 Å². The molecule has 5 nitrogen and oxygen atoms in total. The first-order valence-electron chi connectivity index (χ1n) is 8.17. The second-order valence-corrected chi connectivity index (χ2v) is 7.06. The first kappa shape index (κ1) is 18.6. The number of piperidine rings is 1. The van der Waals surface area contributed by atoms with Gasteiger partial charge < -0.3 is 15.0 Å². The minimum atomic E-state index is -0.574. The molecule has 1 aliphatic rings. The lowest BCUT2D eigenvalue weighted by molar-refractivity contribution is -0.129. The molecule has 1 aromatic carbocycles. The molecule has 1 aromatic rings. The molecule has 2 amide bonds. The summed E-state index contributed by atoms with van der Waals surface area (Å²) < 4.78 is 5.17. The summed E-state index contributed by atoms with van der Waals surface area (Å²) in [5, 5.41) is 3.05. The lowest BCUT2D eigenvalue weighted by Crippen LogP contribution is -2.49. The molecule has 1 fully saturated rings. The molecule has 0 radical (unpaired) electrons. The molecular formula is C18H25ClN2O3. The number of hydrogen-bond acceptors (Lipinski definition) is 3. The number of benzene rings is 1. The zero-order chi connectivity index (χ0) is 17.7. The van der Waals surface area contributed by atoms with Gasteiger partial charge in [-0.15, -0.1) is 11.6 Å². The molecule has 0 atom stereocenters. The Bertz CT molecular complexity index is 596. The molecule has 1 N–H and O–H groups in total. The quantitative estimate of drug-likeness (QED) is 0.829. The smallest absolute Gasteiger partial charge is 0.253 e. The maximum absolute atomic E-state index is 12.6. The monoisotopic (exact) mass is 352 g/mol. The molecule has 0 aliphatic carbocycles. The van der Waals surface area contributed by atoms with Crippen molar-refractivity contribution in [3.05, 3.63) is 29.8 Å². The van der Waals surface area contributed by atoms with Crippen molar-refractivity contribution in [3.8, 4) is 5.75 Å². The Morgan fingerprint density at radius 3 is 2.58 bits per heavy atom. The molecule has 0 saturated carbocycles. The van der Waals surface area contributed by atoms with Crippen molar-refractivity contribution in [1.29, 1.82) is 0 Å². The van der Waals surface area contributed by atoms with Crippen molar-refractivity contribution in [2.75, 3.05) is 26.1 Å². The fourth-order valence-corrected chi connectivity index (χ4v) is 2.73. The number of alkyl halides is 1. The minimum Gasteiger partial charge on any atom is -0.497 e. The van der Waals surface area contributed by atoms with E-state index in [1.807, 2.05) is 30.9 Å². The molecule has 132 valence electrons. The maximum Gasteiger partial charge on any atom is 0.253 e. The van der Waals surface area contributed by atoms with Gasteiger partial charge in [-0.05, 0) is 44.9 Å². The fraction of sp³-hybridized carbons (Fsp3) is 0.556. The summed E-state index contributed by atoms with van der Waals surface area (Å²) in [5.74, 6) is 0.924. The highest BCUT2D eigenvalue weighted by molar-refractivity contribution is 6.19. The van der Waals surface area contributed by atoms with Crippen LogP contribution in [0.15, 0.2) is 24.3 Å². The SMILES string of the molecule is COc1cccc(C(=O)N2CCC(NC(=O)C(C)(C)CCl)CC2)c1. The van der Waals surface area contributed by atoms with Gasteiger partial charge in [0.15, 0.2) is 0 Å². The summed E-state index contributed by atoms with van der Waals surface area (Å²) in [5.41, 5.74) is 0.0508. The van der Waals surface area contributed by atoms with E-state index in [2.05, 4.69) is 5.32 Å². The van der Waals surface area contributed by atoms with Crippen LogP contribution >= 0.6 is 11.6 Å². The zero-order valence-corrected chi connectivity index (χ0v) is 15.2. The number of amides is 2. The molecule has 2 rings (SSSR count). The van der Waals surface area contributed by atoms with Crippen molar-refractivity contribution in [2.24, 2.45) is 5.41 Å². The van der Waals surface area contributed by atoms with Crippen LogP contribution in [0.3, 0.4) is 0 Å². The Kier molecular flexibility index (Phi) is 6.10. The van der Waals surface area contributed by atoms with E-state index in [0.29, 0.717) is 24.4 Å². The third kappa shape index (κ3) is 4.41. The molecular weight excluding hydrogens is 328 g/mol. The zero-order valence-electron chi connectivity index (χ0n) is 14.5. The molecule has 1 saturated heterocycles. The number of rotatable bonds is 5. The lowest BCUT2D eigenvalue weighted by atomic mass is 9.93. The van der Waals surface area contributed by atoms with Gasteiger partial charge in [0.25, 0.3) is 5.91 Å². The van der Waals surface area contributed by atoms with Crippen LogP contribution in [0.5, 0.6) is 5.75 Å². The summed E-state index contributed by atoms with van der Waals surface area (Å²) in [6, 6.07) is 7.26. The minimum absolute atomic E-state index is 0.000218. The highest BCUT2D eigenvalue weighted by Crippen LogP contribution is 2.20. The highest BCUT2D eigenvalue weighted by Gasteiger charge is 2.30. The van der Waals surface area contributed by atoms with Gasteiger partial charge in [0, 0.05) is 30.6 Å². The van der Waals surface area contributed by atoms with Gasteiger partial charge in [-0.1, -0.05) is 6.07 Å². The van der Waals surface area contributed by atoms with Crippen molar-refractivity contribution in [2.45, 2.75) is 32.7 Å². The Hall–Kier alpha value is -1.75. The number of halogens is 1. The van der Waals surface area contributed by atoms with Crippen molar-refractivity contribution >= 4 is 23.4 Å². The highest BCUT2D eigenvalue weighted by atomic mass is 35.5. The summed E-state index contributed by atoms with van der Waals surface area (Å²) in [4.78, 5) is 26.6. The topological polar surface area (TPSA) is 58.6 Å². The number of hydrogen-bond donors (Lipinski definition) is 1. The predicted octanol–water partition coefficient (Wildman–Crippen LogP) is 2.68. The van der Waals surface area contributed by atoms with E-state index in [9.17, 15) is 9.59 Å². The summed E-state index contributed by atoms with van der Waals surface area (Å²) in [6.45, 7) is 4.91. The lowest BCUT2D eigenvalue weighted by Gasteiger charge is -2.34. The number of ether oxygens (including phenoxy) is 1. The van der Waals surface area contributed by atoms with Crippen LogP contribution in [0.1, 0.15) is 37.0 Å². The normalized spacial score (nSPS) is 15.9. The van der Waals surface area contributed by atoms with E-state index in [1.54, 1.807) is 19.2 Å². The number of carbonyl (C=O) groups excluding carboxylic acids is 2. The van der Waals surface area contributed by atoms with Crippen LogP contribution in [-0.2, 0) is 4.79 Å². The molecule has 0 unspecified atom stereocenters. The summed E-state index contributed by atoms with van der Waals surface area (Å²) >= 11 is 5.84. The van der Waals surface area contributed by atoms with Crippen LogP contribution in [-0.4, -0.2) is 48.8 Å². The first-order chi connectivity index (χ1) is 11.4. The molecule has 6 heteroatoms. The van der Waals surface area contributed by atoms with Crippen LogP contribution in [0, 0.1) is 5.41 Å². The molecule has 24 heavy (non-hydrogen) atoms. The number of likely N-dealkylation sites (tertiary alicyclic amines) is 1.